The Morgan fingerprint density at radius 2 is 2.00 bits per heavy atom. The van der Waals surface area contributed by atoms with Crippen molar-refractivity contribution in [2.24, 2.45) is 16.7 Å². The van der Waals surface area contributed by atoms with Crippen LogP contribution >= 0.6 is 15.9 Å². The van der Waals surface area contributed by atoms with Crippen LogP contribution in [0.25, 0.3) is 0 Å². The number of fused-ring (bicyclic) bond motifs is 2. The highest BCUT2D eigenvalue weighted by atomic mass is 79.9. The molecule has 0 radical (unpaired) electrons. The van der Waals surface area contributed by atoms with Gasteiger partial charge in [-0.05, 0) is 18.3 Å². The minimum absolute atomic E-state index is 0.197. The van der Waals surface area contributed by atoms with Crippen molar-refractivity contribution in [3.8, 4) is 0 Å². The molecule has 0 aromatic carbocycles. The van der Waals surface area contributed by atoms with E-state index in [1.165, 1.54) is 0 Å². The van der Waals surface area contributed by atoms with Crippen LogP contribution in [0.3, 0.4) is 0 Å². The van der Waals surface area contributed by atoms with Crippen molar-refractivity contribution in [2.75, 3.05) is 0 Å². The normalized spacial score (nSPS) is 47.2. The molecule has 0 aromatic heterocycles. The van der Waals surface area contributed by atoms with Gasteiger partial charge in [0.05, 0.1) is 5.92 Å². The molecule has 2 saturated carbocycles. The van der Waals surface area contributed by atoms with Crippen molar-refractivity contribution in [3.05, 3.63) is 10.1 Å². The van der Waals surface area contributed by atoms with Gasteiger partial charge in [-0.2, -0.15) is 0 Å². The Morgan fingerprint density at radius 1 is 1.47 bits per heavy atom. The summed E-state index contributed by atoms with van der Waals surface area (Å²) in [6.45, 7) is 5.80. The Hall–Kier alpha value is -0.450. The fourth-order valence-electron chi connectivity index (χ4n) is 3.33. The van der Waals surface area contributed by atoms with Crippen LogP contribution in [0.15, 0.2) is 0 Å². The maximum absolute atomic E-state index is 12.2. The molecule has 0 spiro atoms. The summed E-state index contributed by atoms with van der Waals surface area (Å²) in [5, 5.41) is 11.1. The van der Waals surface area contributed by atoms with E-state index >= 15 is 0 Å². The van der Waals surface area contributed by atoms with Crippen LogP contribution in [0, 0.1) is 26.9 Å². The lowest BCUT2D eigenvalue weighted by Gasteiger charge is -2.30. The van der Waals surface area contributed by atoms with Crippen LogP contribution in [0.5, 0.6) is 0 Å². The van der Waals surface area contributed by atoms with Gasteiger partial charge in [0, 0.05) is 26.3 Å². The van der Waals surface area contributed by atoms with Gasteiger partial charge < -0.3 is 0 Å². The molecule has 2 aliphatic carbocycles. The van der Waals surface area contributed by atoms with Gasteiger partial charge in [0.2, 0.25) is 5.78 Å². The summed E-state index contributed by atoms with van der Waals surface area (Å²) in [6.07, 6.45) is 1.52. The van der Waals surface area contributed by atoms with Crippen molar-refractivity contribution >= 4 is 21.7 Å². The molecule has 5 heteroatoms. The monoisotopic (exact) mass is 275 g/mol. The molecular weight excluding hydrogens is 262 g/mol. The van der Waals surface area contributed by atoms with E-state index in [1.807, 2.05) is 20.8 Å². The summed E-state index contributed by atoms with van der Waals surface area (Å²) in [6, 6.07) is 0. The summed E-state index contributed by atoms with van der Waals surface area (Å²) >= 11 is 3.09. The summed E-state index contributed by atoms with van der Waals surface area (Å²) in [7, 11) is 0. The van der Waals surface area contributed by atoms with Crippen molar-refractivity contribution in [1.82, 2.24) is 0 Å². The summed E-state index contributed by atoms with van der Waals surface area (Å²) in [4.78, 5) is 22.8. The Bertz CT molecular complexity index is 368. The van der Waals surface area contributed by atoms with Gasteiger partial charge in [-0.1, -0.05) is 20.8 Å². The smallest absolute Gasteiger partial charge is 0.290 e. The molecule has 2 bridgehead atoms. The zero-order chi connectivity index (χ0) is 11.6. The maximum Gasteiger partial charge on any atom is 0.335 e. The highest BCUT2D eigenvalue weighted by Crippen LogP contribution is 2.69. The summed E-state index contributed by atoms with van der Waals surface area (Å²) < 4.78 is -1.54. The number of hydrogen-bond acceptors (Lipinski definition) is 3. The van der Waals surface area contributed by atoms with E-state index < -0.39 is 14.8 Å². The third-order valence-electron chi connectivity index (χ3n) is 4.77. The molecule has 3 unspecified atom stereocenters. The molecule has 3 atom stereocenters. The number of alkyl halides is 1. The van der Waals surface area contributed by atoms with Gasteiger partial charge in [0.15, 0.2) is 0 Å². The molecule has 84 valence electrons. The quantitative estimate of drug-likeness (QED) is 0.320. The third-order valence-corrected chi connectivity index (χ3v) is 5.98. The number of carbonyl (C=O) groups excluding carboxylic acids is 1. The lowest BCUT2D eigenvalue weighted by atomic mass is 9.70. The standard InChI is InChI=1S/C10H14BrNO3/c1-8(2)6-4-5-9(8,3)7(13)10(6,11)12(14)15/h6H,4-5H2,1-3H3. The predicted octanol–water partition coefficient (Wildman–Crippen LogP) is 2.38. The molecule has 0 N–H and O–H groups in total. The number of nitro groups is 1. The lowest BCUT2D eigenvalue weighted by molar-refractivity contribution is -0.529. The Labute approximate surface area is 96.7 Å². The number of halogens is 1. The fourth-order valence-corrected chi connectivity index (χ4v) is 4.57. The fraction of sp³-hybridized carbons (Fsp3) is 0.900. The van der Waals surface area contributed by atoms with E-state index in [2.05, 4.69) is 15.9 Å². The Balaban J connectivity index is 2.61. The Kier molecular flexibility index (Phi) is 1.93. The van der Waals surface area contributed by atoms with E-state index in [1.54, 1.807) is 0 Å². The molecule has 0 saturated heterocycles. The number of Topliss-reactive ketones (excluding diaryl/α,β-unsaturated/α-hetero) is 1. The average Bonchev–Trinajstić information content (AvgIpc) is 2.41. The molecule has 0 aromatic rings. The van der Waals surface area contributed by atoms with E-state index in [0.29, 0.717) is 0 Å². The minimum atomic E-state index is -1.54. The van der Waals surface area contributed by atoms with Crippen LogP contribution < -0.4 is 0 Å². The SMILES string of the molecule is CC12CCC(C(Br)([N+](=O)[O-])C1=O)C2(C)C. The first-order valence-electron chi connectivity index (χ1n) is 5.07. The molecule has 0 amide bonds. The number of hydrogen-bond donors (Lipinski definition) is 0. The minimum Gasteiger partial charge on any atom is -0.290 e. The second-order valence-electron chi connectivity index (χ2n) is 5.40. The lowest BCUT2D eigenvalue weighted by Crippen LogP contribution is -2.47. The number of ketones is 1. The van der Waals surface area contributed by atoms with Crippen molar-refractivity contribution in [1.29, 1.82) is 0 Å². The third kappa shape index (κ3) is 0.911. The molecule has 15 heavy (non-hydrogen) atoms. The molecule has 0 aliphatic heterocycles. The predicted molar refractivity (Wildman–Crippen MR) is 58.3 cm³/mol. The van der Waals surface area contributed by atoms with Crippen LogP contribution in [0.1, 0.15) is 33.6 Å². The van der Waals surface area contributed by atoms with Gasteiger partial charge in [-0.25, -0.2) is 0 Å². The topological polar surface area (TPSA) is 60.2 Å². The molecule has 2 fully saturated rings. The van der Waals surface area contributed by atoms with Crippen molar-refractivity contribution < 1.29 is 9.72 Å². The molecule has 2 aliphatic rings. The number of nitrogens with zero attached hydrogens (tertiary/aromatic N) is 1. The van der Waals surface area contributed by atoms with Gasteiger partial charge in [-0.3, -0.25) is 14.9 Å². The van der Waals surface area contributed by atoms with Gasteiger partial charge in [0.25, 0.3) is 0 Å². The van der Waals surface area contributed by atoms with Crippen LogP contribution in [-0.4, -0.2) is 15.2 Å². The number of carbonyl (C=O) groups is 1. The Morgan fingerprint density at radius 3 is 2.27 bits per heavy atom. The molecular formula is C10H14BrNO3. The summed E-state index contributed by atoms with van der Waals surface area (Å²) in [5.74, 6) is -0.446. The highest BCUT2D eigenvalue weighted by Gasteiger charge is 2.78. The van der Waals surface area contributed by atoms with Crippen molar-refractivity contribution in [2.45, 2.75) is 38.1 Å². The van der Waals surface area contributed by atoms with E-state index in [4.69, 9.17) is 0 Å². The number of rotatable bonds is 1. The maximum atomic E-state index is 12.2. The van der Waals surface area contributed by atoms with E-state index in [0.717, 1.165) is 12.8 Å². The second kappa shape index (κ2) is 2.62. The molecule has 2 rings (SSSR count). The average molecular weight is 276 g/mol. The zero-order valence-corrected chi connectivity index (χ0v) is 10.6. The van der Waals surface area contributed by atoms with Crippen molar-refractivity contribution in [3.63, 3.8) is 0 Å². The second-order valence-corrected chi connectivity index (χ2v) is 6.61. The molecule has 0 heterocycles. The zero-order valence-electron chi connectivity index (χ0n) is 9.04. The van der Waals surface area contributed by atoms with Gasteiger partial charge in [-0.15, -0.1) is 0 Å². The first kappa shape index (κ1) is 11.0. The first-order valence-corrected chi connectivity index (χ1v) is 5.86. The van der Waals surface area contributed by atoms with Crippen LogP contribution in [-0.2, 0) is 4.79 Å². The molecule has 4 nitrogen and oxygen atoms in total. The van der Waals surface area contributed by atoms with E-state index in [9.17, 15) is 14.9 Å². The largest absolute Gasteiger partial charge is 0.335 e. The summed E-state index contributed by atoms with van der Waals surface area (Å²) in [5.41, 5.74) is -0.838. The first-order chi connectivity index (χ1) is 6.69. The van der Waals surface area contributed by atoms with E-state index in [-0.39, 0.29) is 17.1 Å². The van der Waals surface area contributed by atoms with Gasteiger partial charge >= 0.3 is 4.45 Å². The van der Waals surface area contributed by atoms with Crippen LogP contribution in [0.4, 0.5) is 0 Å². The van der Waals surface area contributed by atoms with Gasteiger partial charge in [0.1, 0.15) is 0 Å². The highest BCUT2D eigenvalue weighted by molar-refractivity contribution is 9.10. The van der Waals surface area contributed by atoms with Crippen LogP contribution in [0.2, 0.25) is 0 Å².